The molecule has 0 bridgehead atoms. The molecule has 0 unspecified atom stereocenters. The molecule has 2 rings (SSSR count). The third-order valence-electron chi connectivity index (χ3n) is 2.52. The molecule has 2 aromatic heterocycles. The summed E-state index contributed by atoms with van der Waals surface area (Å²) < 4.78 is 38.6. The SMILES string of the molecule is O=C(NCCCn1cccn1)c1cc(C(F)(F)F)[nH]n1. The van der Waals surface area contributed by atoms with E-state index in [0.717, 1.165) is 0 Å². The number of nitrogens with one attached hydrogen (secondary N) is 2. The number of aromatic amines is 1. The van der Waals surface area contributed by atoms with Gasteiger partial charge in [0.05, 0.1) is 0 Å². The molecule has 0 saturated heterocycles. The maximum absolute atomic E-state index is 12.3. The lowest BCUT2D eigenvalue weighted by molar-refractivity contribution is -0.141. The summed E-state index contributed by atoms with van der Waals surface area (Å²) in [6, 6.07) is 2.46. The van der Waals surface area contributed by atoms with Gasteiger partial charge in [-0.25, -0.2) is 0 Å². The van der Waals surface area contributed by atoms with Gasteiger partial charge in [-0.3, -0.25) is 14.6 Å². The van der Waals surface area contributed by atoms with Crippen LogP contribution >= 0.6 is 0 Å². The second-order valence-electron chi connectivity index (χ2n) is 4.04. The number of nitrogens with zero attached hydrogens (tertiary/aromatic N) is 3. The first kappa shape index (κ1) is 14.1. The highest BCUT2D eigenvalue weighted by Gasteiger charge is 2.33. The Labute approximate surface area is 112 Å². The summed E-state index contributed by atoms with van der Waals surface area (Å²) in [6.45, 7) is 0.939. The molecular formula is C11H12F3N5O. The first-order valence-corrected chi connectivity index (χ1v) is 5.85. The molecule has 0 aliphatic heterocycles. The molecule has 0 fully saturated rings. The van der Waals surface area contributed by atoms with Gasteiger partial charge in [0.15, 0.2) is 5.69 Å². The van der Waals surface area contributed by atoms with Crippen LogP contribution in [-0.2, 0) is 12.7 Å². The summed E-state index contributed by atoms with van der Waals surface area (Å²) in [7, 11) is 0. The van der Waals surface area contributed by atoms with Crippen LogP contribution in [0.3, 0.4) is 0 Å². The summed E-state index contributed by atoms with van der Waals surface area (Å²) in [5.74, 6) is -0.641. The summed E-state index contributed by atoms with van der Waals surface area (Å²) in [5.41, 5.74) is -1.32. The highest BCUT2D eigenvalue weighted by molar-refractivity contribution is 5.92. The third kappa shape index (κ3) is 3.59. The monoisotopic (exact) mass is 287 g/mol. The molecule has 20 heavy (non-hydrogen) atoms. The molecule has 108 valence electrons. The zero-order valence-electron chi connectivity index (χ0n) is 10.3. The van der Waals surface area contributed by atoms with Crippen molar-refractivity contribution < 1.29 is 18.0 Å². The first-order valence-electron chi connectivity index (χ1n) is 5.85. The van der Waals surface area contributed by atoms with Crippen molar-refractivity contribution in [2.24, 2.45) is 0 Å². The molecule has 0 aromatic carbocycles. The zero-order valence-corrected chi connectivity index (χ0v) is 10.3. The van der Waals surface area contributed by atoms with E-state index in [2.05, 4.69) is 15.5 Å². The summed E-state index contributed by atoms with van der Waals surface area (Å²) in [6.07, 6.45) is -0.498. The molecule has 1 amide bonds. The highest BCUT2D eigenvalue weighted by atomic mass is 19.4. The van der Waals surface area contributed by atoms with Crippen LogP contribution in [0, 0.1) is 0 Å². The average Bonchev–Trinajstić information content (AvgIpc) is 3.04. The van der Waals surface area contributed by atoms with Crippen LogP contribution in [0.5, 0.6) is 0 Å². The van der Waals surface area contributed by atoms with Gasteiger partial charge in [-0.15, -0.1) is 0 Å². The maximum Gasteiger partial charge on any atom is 0.432 e. The van der Waals surface area contributed by atoms with E-state index in [-0.39, 0.29) is 5.69 Å². The van der Waals surface area contributed by atoms with Gasteiger partial charge < -0.3 is 5.32 Å². The van der Waals surface area contributed by atoms with E-state index in [1.165, 1.54) is 0 Å². The minimum atomic E-state index is -4.54. The standard InChI is InChI=1S/C11H12F3N5O/c12-11(13,14)9-7-8(17-18-9)10(20)15-3-1-5-19-6-2-4-16-19/h2,4,6-7H,1,3,5H2,(H,15,20)(H,17,18). The van der Waals surface area contributed by atoms with Crippen molar-refractivity contribution in [1.29, 1.82) is 0 Å². The number of rotatable bonds is 5. The van der Waals surface area contributed by atoms with Gasteiger partial charge in [-0.1, -0.05) is 0 Å². The second-order valence-corrected chi connectivity index (χ2v) is 4.04. The van der Waals surface area contributed by atoms with Gasteiger partial charge in [-0.2, -0.15) is 23.4 Å². The largest absolute Gasteiger partial charge is 0.432 e. The number of carbonyl (C=O) groups is 1. The van der Waals surface area contributed by atoms with Crippen molar-refractivity contribution in [1.82, 2.24) is 25.3 Å². The molecule has 0 aliphatic carbocycles. The number of hydrogen-bond acceptors (Lipinski definition) is 3. The van der Waals surface area contributed by atoms with E-state index in [1.807, 2.05) is 0 Å². The molecule has 0 saturated carbocycles. The second kappa shape index (κ2) is 5.76. The Morgan fingerprint density at radius 2 is 2.25 bits per heavy atom. The molecule has 2 aromatic rings. The highest BCUT2D eigenvalue weighted by Crippen LogP contribution is 2.27. The number of halogens is 3. The van der Waals surface area contributed by atoms with Crippen LogP contribution in [-0.4, -0.2) is 32.4 Å². The van der Waals surface area contributed by atoms with E-state index in [4.69, 9.17) is 0 Å². The number of aryl methyl sites for hydroxylation is 1. The molecule has 0 spiro atoms. The van der Waals surface area contributed by atoms with Crippen LogP contribution in [0.1, 0.15) is 22.6 Å². The van der Waals surface area contributed by atoms with Gasteiger partial charge in [0, 0.05) is 31.5 Å². The fraction of sp³-hybridized carbons (Fsp3) is 0.364. The Kier molecular flexibility index (Phi) is 4.06. The van der Waals surface area contributed by atoms with Crippen molar-refractivity contribution >= 4 is 5.91 Å². The van der Waals surface area contributed by atoms with Crippen molar-refractivity contribution in [3.8, 4) is 0 Å². The van der Waals surface area contributed by atoms with Crippen molar-refractivity contribution in [2.45, 2.75) is 19.1 Å². The average molecular weight is 287 g/mol. The van der Waals surface area contributed by atoms with Crippen LogP contribution in [0.15, 0.2) is 24.5 Å². The summed E-state index contributed by atoms with van der Waals surface area (Å²) >= 11 is 0. The number of amides is 1. The fourth-order valence-electron chi connectivity index (χ4n) is 1.55. The van der Waals surface area contributed by atoms with Gasteiger partial charge in [0.1, 0.15) is 5.69 Å². The number of aromatic nitrogens is 4. The van der Waals surface area contributed by atoms with Crippen LogP contribution in [0.4, 0.5) is 13.2 Å². The van der Waals surface area contributed by atoms with Crippen molar-refractivity contribution in [3.05, 3.63) is 35.9 Å². The van der Waals surface area contributed by atoms with Crippen LogP contribution in [0.25, 0.3) is 0 Å². The predicted octanol–water partition coefficient (Wildman–Crippen LogP) is 1.45. The summed E-state index contributed by atoms with van der Waals surface area (Å²) in [4.78, 5) is 11.6. The third-order valence-corrected chi connectivity index (χ3v) is 2.52. The number of H-pyrrole nitrogens is 1. The van der Waals surface area contributed by atoms with E-state index in [1.54, 1.807) is 28.2 Å². The molecule has 2 heterocycles. The zero-order chi connectivity index (χ0) is 14.6. The van der Waals surface area contributed by atoms with Gasteiger partial charge in [0.2, 0.25) is 0 Å². The van der Waals surface area contributed by atoms with Crippen LogP contribution < -0.4 is 5.32 Å². The fourth-order valence-corrected chi connectivity index (χ4v) is 1.55. The topological polar surface area (TPSA) is 75.6 Å². The van der Waals surface area contributed by atoms with Crippen molar-refractivity contribution in [2.75, 3.05) is 6.54 Å². The smallest absolute Gasteiger partial charge is 0.351 e. The lowest BCUT2D eigenvalue weighted by atomic mass is 10.3. The Hall–Kier alpha value is -2.32. The van der Waals surface area contributed by atoms with E-state index in [0.29, 0.717) is 25.6 Å². The van der Waals surface area contributed by atoms with E-state index >= 15 is 0 Å². The minimum absolute atomic E-state index is 0.281. The lowest BCUT2D eigenvalue weighted by Gasteiger charge is -2.03. The molecule has 6 nitrogen and oxygen atoms in total. The lowest BCUT2D eigenvalue weighted by Crippen LogP contribution is -2.25. The van der Waals surface area contributed by atoms with Crippen LogP contribution in [0.2, 0.25) is 0 Å². The Morgan fingerprint density at radius 3 is 2.85 bits per heavy atom. The predicted molar refractivity (Wildman–Crippen MR) is 62.8 cm³/mol. The molecule has 0 atom stereocenters. The number of alkyl halides is 3. The number of hydrogen-bond donors (Lipinski definition) is 2. The molecule has 2 N–H and O–H groups in total. The van der Waals surface area contributed by atoms with Crippen molar-refractivity contribution in [3.63, 3.8) is 0 Å². The molecule has 9 heteroatoms. The quantitative estimate of drug-likeness (QED) is 0.817. The Morgan fingerprint density at radius 1 is 1.45 bits per heavy atom. The van der Waals surface area contributed by atoms with Gasteiger partial charge in [-0.05, 0) is 12.5 Å². The Bertz CT molecular complexity index is 561. The number of carbonyl (C=O) groups excluding carboxylic acids is 1. The maximum atomic E-state index is 12.3. The molecule has 0 radical (unpaired) electrons. The first-order chi connectivity index (χ1) is 9.47. The summed E-state index contributed by atoms with van der Waals surface area (Å²) in [5, 5.41) is 11.6. The van der Waals surface area contributed by atoms with Gasteiger partial charge >= 0.3 is 6.18 Å². The molecular weight excluding hydrogens is 275 g/mol. The van der Waals surface area contributed by atoms with E-state index in [9.17, 15) is 18.0 Å². The Balaban J connectivity index is 1.78. The minimum Gasteiger partial charge on any atom is -0.351 e. The van der Waals surface area contributed by atoms with E-state index < -0.39 is 17.8 Å². The van der Waals surface area contributed by atoms with Gasteiger partial charge in [0.25, 0.3) is 5.91 Å². The normalized spacial score (nSPS) is 11.6. The molecule has 0 aliphatic rings.